The topological polar surface area (TPSA) is 24.4 Å². The van der Waals surface area contributed by atoms with Crippen LogP contribution in [0.15, 0.2) is 27.7 Å². The van der Waals surface area contributed by atoms with Gasteiger partial charge in [0.05, 0.1) is 16.8 Å². The number of hydrogen-bond donors (Lipinski definition) is 1. The van der Waals surface area contributed by atoms with Crippen LogP contribution in [-0.4, -0.2) is 17.0 Å². The molecule has 1 aromatic carbocycles. The molecular formula is C13H16BrClN2S. The van der Waals surface area contributed by atoms with Crippen LogP contribution in [0.2, 0.25) is 5.02 Å². The first-order chi connectivity index (χ1) is 8.54. The molecule has 0 aromatic heterocycles. The molecule has 1 aromatic rings. The van der Waals surface area contributed by atoms with Crippen LogP contribution in [0.4, 0.5) is 5.69 Å². The molecule has 1 atom stereocenters. The number of nitrogens with zero attached hydrogens (tertiary/aromatic N) is 1. The van der Waals surface area contributed by atoms with E-state index in [0.29, 0.717) is 17.0 Å². The lowest BCUT2D eigenvalue weighted by molar-refractivity contribution is 0.529. The van der Waals surface area contributed by atoms with Crippen molar-refractivity contribution in [3.8, 4) is 0 Å². The van der Waals surface area contributed by atoms with Crippen LogP contribution in [0.25, 0.3) is 0 Å². The van der Waals surface area contributed by atoms with E-state index in [1.165, 1.54) is 0 Å². The zero-order valence-electron chi connectivity index (χ0n) is 10.4. The number of halogens is 2. The Morgan fingerprint density at radius 1 is 1.56 bits per heavy atom. The Labute approximate surface area is 126 Å². The predicted octanol–water partition coefficient (Wildman–Crippen LogP) is 5.03. The van der Waals surface area contributed by atoms with Crippen molar-refractivity contribution in [1.82, 2.24) is 0 Å². The van der Waals surface area contributed by atoms with Gasteiger partial charge in [-0.2, -0.15) is 0 Å². The Balaban J connectivity index is 2.02. The van der Waals surface area contributed by atoms with E-state index in [9.17, 15) is 0 Å². The molecule has 1 aliphatic rings. The summed E-state index contributed by atoms with van der Waals surface area (Å²) >= 11 is 11.3. The van der Waals surface area contributed by atoms with E-state index >= 15 is 0 Å². The number of amidine groups is 1. The second-order valence-corrected chi connectivity index (χ2v) is 7.11. The number of rotatable bonds is 3. The van der Waals surface area contributed by atoms with Gasteiger partial charge in [0.2, 0.25) is 0 Å². The average molecular weight is 348 g/mol. The molecule has 0 amide bonds. The van der Waals surface area contributed by atoms with Crippen LogP contribution in [-0.2, 0) is 0 Å². The Kier molecular flexibility index (Phi) is 4.98. The maximum atomic E-state index is 6.17. The highest BCUT2D eigenvalue weighted by Crippen LogP contribution is 2.29. The van der Waals surface area contributed by atoms with Crippen LogP contribution < -0.4 is 5.32 Å². The van der Waals surface area contributed by atoms with Gasteiger partial charge in [-0.15, -0.1) is 0 Å². The van der Waals surface area contributed by atoms with E-state index in [4.69, 9.17) is 11.6 Å². The van der Waals surface area contributed by atoms with Gasteiger partial charge in [-0.3, -0.25) is 4.99 Å². The summed E-state index contributed by atoms with van der Waals surface area (Å²) in [5, 5.41) is 4.98. The van der Waals surface area contributed by atoms with Crippen molar-refractivity contribution in [2.24, 2.45) is 10.9 Å². The lowest BCUT2D eigenvalue weighted by atomic mass is 10.1. The standard InChI is InChI=1S/C13H16BrClN2S/c1-8(2)5-10-7-18-13(16-10)17-12-4-3-9(14)6-11(12)15/h3-4,6,8,10H,5,7H2,1-2H3,(H,16,17). The van der Waals surface area contributed by atoms with Crippen LogP contribution in [0.5, 0.6) is 0 Å². The van der Waals surface area contributed by atoms with E-state index in [-0.39, 0.29) is 0 Å². The van der Waals surface area contributed by atoms with Crippen molar-refractivity contribution >= 4 is 50.1 Å². The summed E-state index contributed by atoms with van der Waals surface area (Å²) in [5.74, 6) is 1.75. The van der Waals surface area contributed by atoms with Crippen molar-refractivity contribution in [3.05, 3.63) is 27.7 Å². The summed E-state index contributed by atoms with van der Waals surface area (Å²) in [6, 6.07) is 6.26. The smallest absolute Gasteiger partial charge is 0.161 e. The molecule has 1 heterocycles. The summed E-state index contributed by atoms with van der Waals surface area (Å²) in [4.78, 5) is 4.69. The fourth-order valence-corrected chi connectivity index (χ4v) is 3.54. The van der Waals surface area contributed by atoms with E-state index < -0.39 is 0 Å². The lowest BCUT2D eigenvalue weighted by Crippen LogP contribution is -2.08. The largest absolute Gasteiger partial charge is 0.334 e. The average Bonchev–Trinajstić information content (AvgIpc) is 2.69. The molecule has 1 N–H and O–H groups in total. The molecule has 2 nitrogen and oxygen atoms in total. The molecule has 0 saturated heterocycles. The number of aliphatic imine (C=N–C) groups is 1. The second kappa shape index (κ2) is 6.31. The minimum Gasteiger partial charge on any atom is -0.334 e. The highest BCUT2D eigenvalue weighted by molar-refractivity contribution is 9.10. The van der Waals surface area contributed by atoms with Crippen molar-refractivity contribution < 1.29 is 0 Å². The Bertz CT molecular complexity index is 462. The number of hydrogen-bond acceptors (Lipinski definition) is 3. The molecule has 98 valence electrons. The van der Waals surface area contributed by atoms with E-state index in [1.807, 2.05) is 18.2 Å². The van der Waals surface area contributed by atoms with Crippen molar-refractivity contribution in [2.75, 3.05) is 11.1 Å². The molecule has 1 unspecified atom stereocenters. The molecule has 0 saturated carbocycles. The van der Waals surface area contributed by atoms with Gasteiger partial charge in [-0.05, 0) is 30.5 Å². The molecule has 18 heavy (non-hydrogen) atoms. The highest BCUT2D eigenvalue weighted by Gasteiger charge is 2.19. The molecule has 0 aliphatic carbocycles. The predicted molar refractivity (Wildman–Crippen MR) is 85.9 cm³/mol. The highest BCUT2D eigenvalue weighted by atomic mass is 79.9. The summed E-state index contributed by atoms with van der Waals surface area (Å²) in [6.07, 6.45) is 1.15. The van der Waals surface area contributed by atoms with Crippen molar-refractivity contribution in [2.45, 2.75) is 26.3 Å². The quantitative estimate of drug-likeness (QED) is 0.829. The van der Waals surface area contributed by atoms with Gasteiger partial charge < -0.3 is 5.32 Å². The zero-order chi connectivity index (χ0) is 13.1. The summed E-state index contributed by atoms with van der Waals surface area (Å²) in [7, 11) is 0. The third-order valence-electron chi connectivity index (χ3n) is 2.63. The molecule has 0 bridgehead atoms. The molecule has 0 radical (unpaired) electrons. The van der Waals surface area contributed by atoms with Gasteiger partial charge in [0.15, 0.2) is 5.17 Å². The summed E-state index contributed by atoms with van der Waals surface area (Å²) in [6.45, 7) is 4.47. The molecular weight excluding hydrogens is 332 g/mol. The van der Waals surface area contributed by atoms with Crippen LogP contribution in [0, 0.1) is 5.92 Å². The number of nitrogens with one attached hydrogen (secondary N) is 1. The minimum atomic E-state index is 0.437. The zero-order valence-corrected chi connectivity index (χ0v) is 13.6. The Morgan fingerprint density at radius 2 is 2.33 bits per heavy atom. The molecule has 0 spiro atoms. The van der Waals surface area contributed by atoms with Gasteiger partial charge >= 0.3 is 0 Å². The first kappa shape index (κ1) is 14.2. The SMILES string of the molecule is CC(C)CC1CSC(Nc2ccc(Br)cc2Cl)=N1. The molecule has 2 rings (SSSR count). The van der Waals surface area contributed by atoms with Gasteiger partial charge in [0.1, 0.15) is 0 Å². The maximum absolute atomic E-state index is 6.17. The van der Waals surface area contributed by atoms with Gasteiger partial charge in [0.25, 0.3) is 0 Å². The van der Waals surface area contributed by atoms with Crippen molar-refractivity contribution in [1.29, 1.82) is 0 Å². The van der Waals surface area contributed by atoms with Crippen LogP contribution in [0.1, 0.15) is 20.3 Å². The second-order valence-electron chi connectivity index (χ2n) is 4.78. The molecule has 1 aliphatic heterocycles. The normalized spacial score (nSPS) is 19.2. The van der Waals surface area contributed by atoms with Gasteiger partial charge in [-0.1, -0.05) is 53.1 Å². The monoisotopic (exact) mass is 346 g/mol. The number of thioether (sulfide) groups is 1. The summed E-state index contributed by atoms with van der Waals surface area (Å²) in [5.41, 5.74) is 0.913. The number of benzene rings is 1. The third-order valence-corrected chi connectivity index (χ3v) is 4.47. The first-order valence-electron chi connectivity index (χ1n) is 5.97. The maximum Gasteiger partial charge on any atom is 0.161 e. The summed E-state index contributed by atoms with van der Waals surface area (Å²) < 4.78 is 0.983. The molecule has 5 heteroatoms. The first-order valence-corrected chi connectivity index (χ1v) is 8.13. The van der Waals surface area contributed by atoms with Crippen LogP contribution in [0.3, 0.4) is 0 Å². The van der Waals surface area contributed by atoms with Gasteiger partial charge in [-0.25, -0.2) is 0 Å². The van der Waals surface area contributed by atoms with Crippen molar-refractivity contribution in [3.63, 3.8) is 0 Å². The minimum absolute atomic E-state index is 0.437. The lowest BCUT2D eigenvalue weighted by Gasteiger charge is -2.08. The number of anilines is 1. The van der Waals surface area contributed by atoms with Crippen LogP contribution >= 0.6 is 39.3 Å². The Hall–Kier alpha value is -0.190. The van der Waals surface area contributed by atoms with Gasteiger partial charge in [0, 0.05) is 10.2 Å². The Morgan fingerprint density at radius 3 is 3.00 bits per heavy atom. The van der Waals surface area contributed by atoms with E-state index in [0.717, 1.165) is 27.5 Å². The van der Waals surface area contributed by atoms with E-state index in [2.05, 4.69) is 40.1 Å². The molecule has 0 fully saturated rings. The van der Waals surface area contributed by atoms with E-state index in [1.54, 1.807) is 11.8 Å². The fraction of sp³-hybridized carbons (Fsp3) is 0.462. The third kappa shape index (κ3) is 3.90. The fourth-order valence-electron chi connectivity index (χ4n) is 1.85.